The molecule has 0 radical (unpaired) electrons. The topological polar surface area (TPSA) is 68.1 Å². The number of benzene rings is 1. The van der Waals surface area contributed by atoms with E-state index in [1.807, 2.05) is 36.9 Å². The van der Waals surface area contributed by atoms with E-state index in [0.29, 0.717) is 42.9 Å². The van der Waals surface area contributed by atoms with Gasteiger partial charge < -0.3 is 9.47 Å². The van der Waals surface area contributed by atoms with Gasteiger partial charge in [0.2, 0.25) is 5.91 Å². The lowest BCUT2D eigenvalue weighted by Crippen LogP contribution is -2.29. The van der Waals surface area contributed by atoms with E-state index in [-0.39, 0.29) is 23.5 Å². The van der Waals surface area contributed by atoms with Gasteiger partial charge in [-0.2, -0.15) is 0 Å². The minimum Gasteiger partial charge on any atom is -0.341 e. The molecule has 7 heteroatoms. The monoisotopic (exact) mass is 470 g/mol. The first-order valence-corrected chi connectivity index (χ1v) is 12.7. The summed E-state index contributed by atoms with van der Waals surface area (Å²) in [6.45, 7) is 9.25. The molecule has 2 aromatic rings. The molecule has 2 atom stereocenters. The molecule has 1 saturated carbocycles. The van der Waals surface area contributed by atoms with Crippen molar-refractivity contribution in [2.45, 2.75) is 78.2 Å². The van der Waals surface area contributed by atoms with E-state index in [9.17, 15) is 9.59 Å². The van der Waals surface area contributed by atoms with Crippen molar-refractivity contribution in [2.75, 3.05) is 13.1 Å². The largest absolute Gasteiger partial charge is 0.341 e. The molecule has 0 spiro atoms. The smallest absolute Gasteiger partial charge is 0.222 e. The number of carbonyl (C=O) groups excluding carboxylic acids is 2. The Labute approximate surface area is 201 Å². The van der Waals surface area contributed by atoms with Gasteiger partial charge in [-0.25, -0.2) is 0 Å². The maximum Gasteiger partial charge on any atom is 0.222 e. The molecular formula is C26H35ClN4O2. The van der Waals surface area contributed by atoms with Crippen molar-refractivity contribution in [3.05, 3.63) is 46.0 Å². The molecule has 2 fully saturated rings. The Kier molecular flexibility index (Phi) is 7.22. The second-order valence-corrected chi connectivity index (χ2v) is 10.4. The predicted octanol–water partition coefficient (Wildman–Crippen LogP) is 4.93. The number of amides is 1. The van der Waals surface area contributed by atoms with Gasteiger partial charge in [0.15, 0.2) is 0 Å². The van der Waals surface area contributed by atoms with Crippen LogP contribution >= 0.6 is 11.6 Å². The first-order chi connectivity index (χ1) is 15.8. The fraction of sp³-hybridized carbons (Fsp3) is 0.615. The lowest BCUT2D eigenvalue weighted by Gasteiger charge is -2.19. The number of carbonyl (C=O) groups is 2. The molecule has 33 heavy (non-hydrogen) atoms. The van der Waals surface area contributed by atoms with Gasteiger partial charge in [-0.1, -0.05) is 44.5 Å². The summed E-state index contributed by atoms with van der Waals surface area (Å²) in [5.74, 6) is 2.35. The third-order valence-corrected chi connectivity index (χ3v) is 7.52. The summed E-state index contributed by atoms with van der Waals surface area (Å²) >= 11 is 6.30. The fourth-order valence-electron chi connectivity index (χ4n) is 4.89. The van der Waals surface area contributed by atoms with Gasteiger partial charge in [0.25, 0.3) is 0 Å². The molecule has 6 nitrogen and oxygen atoms in total. The third-order valence-electron chi connectivity index (χ3n) is 7.11. The van der Waals surface area contributed by atoms with E-state index in [4.69, 9.17) is 11.6 Å². The number of hydrogen-bond acceptors (Lipinski definition) is 4. The highest BCUT2D eigenvalue weighted by molar-refractivity contribution is 6.31. The summed E-state index contributed by atoms with van der Waals surface area (Å²) in [5, 5.41) is 9.87. The number of ketones is 1. The van der Waals surface area contributed by atoms with Crippen LogP contribution in [0.1, 0.15) is 81.2 Å². The van der Waals surface area contributed by atoms with Crippen LogP contribution in [0, 0.1) is 18.8 Å². The minimum absolute atomic E-state index is 0.0896. The van der Waals surface area contributed by atoms with Crippen LogP contribution in [0.5, 0.6) is 0 Å². The maximum absolute atomic E-state index is 13.6. The van der Waals surface area contributed by atoms with Crippen molar-refractivity contribution in [1.82, 2.24) is 19.7 Å². The Hall–Kier alpha value is -2.21. The van der Waals surface area contributed by atoms with Gasteiger partial charge in [0, 0.05) is 55.3 Å². The average molecular weight is 471 g/mol. The van der Waals surface area contributed by atoms with Crippen LogP contribution in [-0.4, -0.2) is 44.4 Å². The molecule has 1 aromatic carbocycles. The van der Waals surface area contributed by atoms with E-state index in [0.717, 1.165) is 48.5 Å². The molecule has 1 saturated heterocycles. The minimum atomic E-state index is -0.279. The molecule has 178 valence electrons. The molecule has 1 aromatic heterocycles. The Morgan fingerprint density at radius 3 is 2.61 bits per heavy atom. The number of Topliss-reactive ketones (excluding diaryl/α,β-unsaturated/α-hetero) is 1. The lowest BCUT2D eigenvalue weighted by molar-refractivity contribution is -0.130. The number of likely N-dealkylation sites (tertiary alicyclic amines) is 1. The number of hydrogen-bond donors (Lipinski definition) is 0. The highest BCUT2D eigenvalue weighted by Crippen LogP contribution is 2.42. The summed E-state index contributed by atoms with van der Waals surface area (Å²) in [5.41, 5.74) is 1.90. The highest BCUT2D eigenvalue weighted by atomic mass is 35.5. The van der Waals surface area contributed by atoms with Crippen molar-refractivity contribution in [3.8, 4) is 0 Å². The molecule has 2 aliphatic rings. The van der Waals surface area contributed by atoms with Crippen LogP contribution in [0.3, 0.4) is 0 Å². The van der Waals surface area contributed by atoms with Gasteiger partial charge in [0.05, 0.1) is 0 Å². The molecule has 1 amide bonds. The summed E-state index contributed by atoms with van der Waals surface area (Å²) in [6, 6.07) is 6.14. The van der Waals surface area contributed by atoms with Gasteiger partial charge in [-0.15, -0.1) is 10.2 Å². The standard InChI is InChI=1S/C26H35ClN4O2/c1-5-25(33)30-14-20(23(32)13-18-7-6-8-22(27)17(18)4)21(15-30)26-29-28-24(12-9-16(2)3)31(26)19-10-11-19/h6-8,16,19-21H,5,9-15H2,1-4H3/t20-,21-/m0/s1. The molecule has 1 aliphatic heterocycles. The summed E-state index contributed by atoms with van der Waals surface area (Å²) in [6.07, 6.45) is 4.97. The quantitative estimate of drug-likeness (QED) is 0.521. The number of nitrogens with zero attached hydrogens (tertiary/aromatic N) is 4. The summed E-state index contributed by atoms with van der Waals surface area (Å²) in [7, 11) is 0. The summed E-state index contributed by atoms with van der Waals surface area (Å²) in [4.78, 5) is 28.0. The number of aromatic nitrogens is 3. The molecule has 0 N–H and O–H groups in total. The average Bonchev–Trinajstić information content (AvgIpc) is 3.38. The van der Waals surface area contributed by atoms with E-state index >= 15 is 0 Å². The normalized spacial score (nSPS) is 20.6. The lowest BCUT2D eigenvalue weighted by atomic mass is 9.87. The van der Waals surface area contributed by atoms with Crippen LogP contribution < -0.4 is 0 Å². The zero-order valence-electron chi connectivity index (χ0n) is 20.2. The second-order valence-electron chi connectivity index (χ2n) is 10.0. The Morgan fingerprint density at radius 2 is 1.94 bits per heavy atom. The third kappa shape index (κ3) is 5.16. The Balaban J connectivity index is 1.64. The van der Waals surface area contributed by atoms with Gasteiger partial charge >= 0.3 is 0 Å². The number of aryl methyl sites for hydroxylation is 1. The van der Waals surface area contributed by atoms with Crippen molar-refractivity contribution in [2.24, 2.45) is 11.8 Å². The zero-order valence-corrected chi connectivity index (χ0v) is 20.9. The van der Waals surface area contributed by atoms with Crippen molar-refractivity contribution in [3.63, 3.8) is 0 Å². The van der Waals surface area contributed by atoms with E-state index in [1.54, 1.807) is 0 Å². The number of rotatable bonds is 9. The van der Waals surface area contributed by atoms with Gasteiger partial charge in [-0.3, -0.25) is 9.59 Å². The SMILES string of the molecule is CCC(=O)N1C[C@H](C(=O)Cc2cccc(Cl)c2C)[C@@H](c2nnc(CCC(C)C)n2C2CC2)C1. The van der Waals surface area contributed by atoms with Gasteiger partial charge in [-0.05, 0) is 49.3 Å². The summed E-state index contributed by atoms with van der Waals surface area (Å²) < 4.78 is 2.30. The van der Waals surface area contributed by atoms with Crippen LogP contribution in [0.15, 0.2) is 18.2 Å². The van der Waals surface area contributed by atoms with Crippen molar-refractivity contribution < 1.29 is 9.59 Å². The first-order valence-electron chi connectivity index (χ1n) is 12.3. The maximum atomic E-state index is 13.6. The van der Waals surface area contributed by atoms with Crippen LogP contribution in [0.4, 0.5) is 0 Å². The molecule has 1 aliphatic carbocycles. The van der Waals surface area contributed by atoms with Crippen LogP contribution in [-0.2, 0) is 22.4 Å². The van der Waals surface area contributed by atoms with Gasteiger partial charge in [0.1, 0.15) is 17.4 Å². The Bertz CT molecular complexity index is 1030. The highest BCUT2D eigenvalue weighted by Gasteiger charge is 2.44. The van der Waals surface area contributed by atoms with E-state index < -0.39 is 0 Å². The van der Waals surface area contributed by atoms with Crippen LogP contribution in [0.2, 0.25) is 5.02 Å². The van der Waals surface area contributed by atoms with Crippen molar-refractivity contribution in [1.29, 1.82) is 0 Å². The second kappa shape index (κ2) is 9.96. The molecule has 0 unspecified atom stereocenters. The zero-order chi connectivity index (χ0) is 23.7. The van der Waals surface area contributed by atoms with E-state index in [2.05, 4.69) is 28.6 Å². The molecule has 4 rings (SSSR count). The fourth-order valence-corrected chi connectivity index (χ4v) is 5.08. The number of halogens is 1. The van der Waals surface area contributed by atoms with Crippen LogP contribution in [0.25, 0.3) is 0 Å². The van der Waals surface area contributed by atoms with Crippen molar-refractivity contribution >= 4 is 23.3 Å². The molecule has 2 heterocycles. The first kappa shape index (κ1) is 23.9. The predicted molar refractivity (Wildman–Crippen MR) is 129 cm³/mol. The molecule has 0 bridgehead atoms. The van der Waals surface area contributed by atoms with E-state index in [1.165, 1.54) is 0 Å². The molecular weight excluding hydrogens is 436 g/mol. The Morgan fingerprint density at radius 1 is 1.18 bits per heavy atom.